The average Bonchev–Trinajstić information content (AvgIpc) is 3.73. The van der Waals surface area contributed by atoms with E-state index >= 15 is 0 Å². The van der Waals surface area contributed by atoms with Gasteiger partial charge in [-0.1, -0.05) is 173 Å². The van der Waals surface area contributed by atoms with E-state index in [1.54, 1.807) is 12.1 Å². The van der Waals surface area contributed by atoms with Crippen LogP contribution in [-0.2, 0) is 12.8 Å². The first-order valence-corrected chi connectivity index (χ1v) is 22.8. The van der Waals surface area contributed by atoms with Crippen LogP contribution in [0.3, 0.4) is 0 Å². The summed E-state index contributed by atoms with van der Waals surface area (Å²) in [6.07, 6.45) is 1.69. The molecule has 0 atom stereocenters. The Balaban J connectivity index is 0.994. The van der Waals surface area contributed by atoms with Crippen LogP contribution in [0, 0.1) is 10.8 Å². The zero-order chi connectivity index (χ0) is 45.2. The minimum atomic E-state index is -0.175. The number of aromatic hydroxyl groups is 4. The van der Waals surface area contributed by atoms with Crippen LogP contribution in [0.2, 0.25) is 0 Å². The fraction of sp³-hybridized carbons (Fsp3) is 0.129. The van der Waals surface area contributed by atoms with Crippen molar-refractivity contribution in [3.05, 3.63) is 192 Å². The molecule has 0 heterocycles. The van der Waals surface area contributed by atoms with Crippen molar-refractivity contribution in [2.24, 2.45) is 10.8 Å². The molecule has 12 rings (SSSR count). The van der Waals surface area contributed by atoms with E-state index < -0.39 is 0 Å². The predicted molar refractivity (Wildman–Crippen MR) is 273 cm³/mol. The Morgan fingerprint density at radius 3 is 1.08 bits per heavy atom. The summed E-state index contributed by atoms with van der Waals surface area (Å²) >= 11 is 0. The monoisotopic (exact) mass is 856 g/mol. The van der Waals surface area contributed by atoms with E-state index in [9.17, 15) is 20.4 Å². The van der Waals surface area contributed by atoms with Gasteiger partial charge in [-0.2, -0.15) is 0 Å². The molecule has 0 unspecified atom stereocenters. The number of rotatable bonds is 4. The third kappa shape index (κ3) is 5.91. The topological polar surface area (TPSA) is 80.9 Å². The fourth-order valence-corrected chi connectivity index (χ4v) is 11.8. The molecular formula is C62H48O4. The molecule has 2 aliphatic rings. The van der Waals surface area contributed by atoms with Crippen LogP contribution >= 0.6 is 0 Å². The normalized spacial score (nSPS) is 16.1. The summed E-state index contributed by atoms with van der Waals surface area (Å²) in [6, 6.07) is 56.9. The van der Waals surface area contributed by atoms with Crippen LogP contribution in [0.4, 0.5) is 0 Å². The molecule has 0 radical (unpaired) electrons. The summed E-state index contributed by atoms with van der Waals surface area (Å²) in [5.41, 5.74) is 13.2. The van der Waals surface area contributed by atoms with Gasteiger partial charge < -0.3 is 20.4 Å². The molecule has 66 heavy (non-hydrogen) atoms. The van der Waals surface area contributed by atoms with Crippen LogP contribution in [0.5, 0.6) is 23.0 Å². The minimum Gasteiger partial charge on any atom is -0.507 e. The maximum atomic E-state index is 12.4. The molecule has 10 aromatic carbocycles. The van der Waals surface area contributed by atoms with E-state index in [-0.39, 0.29) is 33.8 Å². The highest BCUT2D eigenvalue weighted by Gasteiger charge is 2.44. The molecule has 4 nitrogen and oxygen atoms in total. The number of hydrogen-bond acceptors (Lipinski definition) is 4. The van der Waals surface area contributed by atoms with Gasteiger partial charge in [-0.3, -0.25) is 0 Å². The van der Waals surface area contributed by atoms with Crippen molar-refractivity contribution >= 4 is 54.2 Å². The molecule has 0 bridgehead atoms. The van der Waals surface area contributed by atoms with Gasteiger partial charge in [0.05, 0.1) is 0 Å². The number of phenols is 4. The largest absolute Gasteiger partial charge is 0.507 e. The van der Waals surface area contributed by atoms with Crippen molar-refractivity contribution in [3.8, 4) is 67.5 Å². The second-order valence-electron chi connectivity index (χ2n) is 19.7. The second-order valence-corrected chi connectivity index (χ2v) is 19.7. The van der Waals surface area contributed by atoms with E-state index in [4.69, 9.17) is 0 Å². The molecule has 4 heteroatoms. The highest BCUT2D eigenvalue weighted by Crippen LogP contribution is 2.59. The van der Waals surface area contributed by atoms with Gasteiger partial charge in [0.1, 0.15) is 23.0 Å². The number of fused-ring (bicyclic) bond motifs is 6. The van der Waals surface area contributed by atoms with Crippen LogP contribution < -0.4 is 0 Å². The van der Waals surface area contributed by atoms with Crippen molar-refractivity contribution in [2.75, 3.05) is 0 Å². The smallest absolute Gasteiger partial charge is 0.132 e. The van der Waals surface area contributed by atoms with Crippen molar-refractivity contribution in [1.82, 2.24) is 0 Å². The van der Waals surface area contributed by atoms with Crippen LogP contribution in [0.1, 0.15) is 49.9 Å². The molecule has 4 N–H and O–H groups in total. The quantitative estimate of drug-likeness (QED) is 0.142. The van der Waals surface area contributed by atoms with Gasteiger partial charge in [-0.05, 0) is 136 Å². The molecule has 2 aliphatic carbocycles. The first kappa shape index (κ1) is 39.7. The third-order valence-electron chi connectivity index (χ3n) is 14.6. The van der Waals surface area contributed by atoms with E-state index in [0.29, 0.717) is 22.3 Å². The summed E-state index contributed by atoms with van der Waals surface area (Å²) in [4.78, 5) is 0. The van der Waals surface area contributed by atoms with Gasteiger partial charge in [-0.15, -0.1) is 0 Å². The first-order chi connectivity index (χ1) is 31.9. The molecule has 0 fully saturated rings. The van der Waals surface area contributed by atoms with E-state index in [0.717, 1.165) is 78.2 Å². The SMILES string of the molecule is CC1(C)Cc2cc(-c3cc4ccccc4c(-c4c(O)ccc5ccccc45)c3O)ccc2/C1=C1/c2ccc(-c3cc4ccccc4c(-c4c(O)ccc5ccccc45)c3O)cc2CC1(C)C. The molecule has 0 amide bonds. The first-order valence-electron chi connectivity index (χ1n) is 22.8. The highest BCUT2D eigenvalue weighted by molar-refractivity contribution is 6.14. The summed E-state index contributed by atoms with van der Waals surface area (Å²) < 4.78 is 0. The van der Waals surface area contributed by atoms with Gasteiger partial charge in [0.25, 0.3) is 0 Å². The average molecular weight is 857 g/mol. The van der Waals surface area contributed by atoms with Crippen LogP contribution in [-0.4, -0.2) is 20.4 Å². The number of allylic oxidation sites excluding steroid dienone is 2. The van der Waals surface area contributed by atoms with Crippen LogP contribution in [0.25, 0.3) is 98.7 Å². The Hall–Kier alpha value is -7.82. The predicted octanol–water partition coefficient (Wildman–Crippen LogP) is 15.9. The fourth-order valence-electron chi connectivity index (χ4n) is 11.8. The van der Waals surface area contributed by atoms with Gasteiger partial charge in [0.2, 0.25) is 0 Å². The lowest BCUT2D eigenvalue weighted by atomic mass is 9.74. The standard InChI is InChI=1S/C62H48O4/c1-61(2)33-41-29-39(49-31-37-15-7-11-19-45(37)55(59(49)65)53-43-17-9-5-13-35(43)23-27-51(53)63)21-25-47(41)57(61)58-48-26-22-40(30-42(48)34-62(58,3)4)50-32-38-16-8-12-20-46(38)56(60(50)66)54-44-18-10-6-14-36(44)24-28-52(54)64/h5-32,63-66H,33-34H2,1-4H3/b58-57+. The maximum absolute atomic E-state index is 12.4. The third-order valence-corrected chi connectivity index (χ3v) is 14.6. The Kier molecular flexibility index (Phi) is 8.64. The number of benzene rings is 10. The molecule has 0 saturated heterocycles. The van der Waals surface area contributed by atoms with Gasteiger partial charge in [-0.25, -0.2) is 0 Å². The van der Waals surface area contributed by atoms with Crippen molar-refractivity contribution in [3.63, 3.8) is 0 Å². The lowest BCUT2D eigenvalue weighted by molar-refractivity contribution is 0.471. The zero-order valence-electron chi connectivity index (χ0n) is 37.4. The number of phenolic OH excluding ortho intramolecular Hbond substituents is 4. The molecule has 0 spiro atoms. The van der Waals surface area contributed by atoms with Crippen molar-refractivity contribution < 1.29 is 20.4 Å². The van der Waals surface area contributed by atoms with E-state index in [1.807, 2.05) is 97.1 Å². The Morgan fingerprint density at radius 1 is 0.333 bits per heavy atom. The molecule has 0 saturated carbocycles. The van der Waals surface area contributed by atoms with E-state index in [1.165, 1.54) is 33.4 Å². The molecule has 0 aromatic heterocycles. The minimum absolute atomic E-state index is 0.130. The molecule has 320 valence electrons. The van der Waals surface area contributed by atoms with Gasteiger partial charge in [0.15, 0.2) is 0 Å². The maximum Gasteiger partial charge on any atom is 0.132 e. The summed E-state index contributed by atoms with van der Waals surface area (Å²) in [5, 5.41) is 55.1. The Bertz CT molecular complexity index is 3510. The van der Waals surface area contributed by atoms with Crippen LogP contribution in [0.15, 0.2) is 170 Å². The summed E-state index contributed by atoms with van der Waals surface area (Å²) in [7, 11) is 0. The summed E-state index contributed by atoms with van der Waals surface area (Å²) in [6.45, 7) is 9.40. The molecular weight excluding hydrogens is 809 g/mol. The lowest BCUT2D eigenvalue weighted by Gasteiger charge is -2.30. The Morgan fingerprint density at radius 2 is 0.682 bits per heavy atom. The van der Waals surface area contributed by atoms with Gasteiger partial charge in [0, 0.05) is 33.4 Å². The van der Waals surface area contributed by atoms with Crippen molar-refractivity contribution in [2.45, 2.75) is 40.5 Å². The summed E-state index contributed by atoms with van der Waals surface area (Å²) in [5.74, 6) is 0.558. The molecule has 0 aliphatic heterocycles. The highest BCUT2D eigenvalue weighted by atomic mass is 16.3. The van der Waals surface area contributed by atoms with Crippen molar-refractivity contribution in [1.29, 1.82) is 0 Å². The Labute approximate surface area is 384 Å². The number of hydrogen-bond donors (Lipinski definition) is 4. The molecule has 10 aromatic rings. The van der Waals surface area contributed by atoms with Gasteiger partial charge >= 0.3 is 0 Å². The second kappa shape index (κ2) is 14.3. The zero-order valence-corrected chi connectivity index (χ0v) is 37.4. The van der Waals surface area contributed by atoms with E-state index in [2.05, 4.69) is 88.4 Å². The lowest BCUT2D eigenvalue weighted by Crippen LogP contribution is -2.17.